The Hall–Kier alpha value is -4.05. The van der Waals surface area contributed by atoms with Gasteiger partial charge < -0.3 is 14.0 Å². The van der Waals surface area contributed by atoms with Crippen molar-refractivity contribution >= 4 is 21.8 Å². The maximum Gasteiger partial charge on any atom is 0.291 e. The maximum atomic E-state index is 13.4. The molecule has 0 bridgehead atoms. The number of hydrogen-bond acceptors (Lipinski definition) is 6. The summed E-state index contributed by atoms with van der Waals surface area (Å²) in [6.45, 7) is 1.000. The van der Waals surface area contributed by atoms with Crippen molar-refractivity contribution in [1.29, 1.82) is 0 Å². The lowest BCUT2D eigenvalue weighted by atomic mass is 10.2. The van der Waals surface area contributed by atoms with Gasteiger partial charge in [0.1, 0.15) is 17.5 Å². The van der Waals surface area contributed by atoms with Crippen LogP contribution in [0.25, 0.3) is 21.8 Å². The number of benzene rings is 1. The highest BCUT2D eigenvalue weighted by atomic mass is 19.1. The minimum absolute atomic E-state index is 0.0539. The second-order valence-electron chi connectivity index (χ2n) is 8.62. The quantitative estimate of drug-likeness (QED) is 0.356. The van der Waals surface area contributed by atoms with Gasteiger partial charge in [0.15, 0.2) is 0 Å². The largest absolute Gasteiger partial charge is 0.439 e. The molecule has 0 amide bonds. The molecule has 1 unspecified atom stereocenters. The summed E-state index contributed by atoms with van der Waals surface area (Å²) < 4.78 is 30.0. The third kappa shape index (κ3) is 3.95. The van der Waals surface area contributed by atoms with Crippen LogP contribution in [0.15, 0.2) is 59.7 Å². The van der Waals surface area contributed by atoms with Crippen LogP contribution in [0.1, 0.15) is 31.2 Å². The van der Waals surface area contributed by atoms with Crippen LogP contribution in [-0.2, 0) is 18.3 Å². The molecule has 1 aromatic carbocycles. The summed E-state index contributed by atoms with van der Waals surface area (Å²) in [6.07, 6.45) is 6.66. The molecule has 35 heavy (non-hydrogen) atoms. The van der Waals surface area contributed by atoms with Crippen molar-refractivity contribution in [2.24, 2.45) is 7.05 Å². The Morgan fingerprint density at radius 3 is 2.91 bits per heavy atom. The van der Waals surface area contributed by atoms with Crippen LogP contribution >= 0.6 is 0 Å². The average molecular weight is 474 g/mol. The number of aryl methyl sites for hydroxylation is 1. The lowest BCUT2D eigenvalue weighted by molar-refractivity contribution is -0.0397. The molecule has 5 heterocycles. The van der Waals surface area contributed by atoms with Gasteiger partial charge in [-0.1, -0.05) is 6.07 Å². The first-order valence-electron chi connectivity index (χ1n) is 11.5. The summed E-state index contributed by atoms with van der Waals surface area (Å²) >= 11 is 0. The lowest BCUT2D eigenvalue weighted by Crippen LogP contribution is -2.25. The zero-order valence-corrected chi connectivity index (χ0v) is 19.1. The van der Waals surface area contributed by atoms with Gasteiger partial charge in [0, 0.05) is 42.8 Å². The van der Waals surface area contributed by atoms with Crippen LogP contribution in [0, 0.1) is 5.95 Å². The van der Waals surface area contributed by atoms with Crippen molar-refractivity contribution in [3.8, 4) is 11.6 Å². The van der Waals surface area contributed by atoms with Gasteiger partial charge in [0.25, 0.3) is 5.56 Å². The molecule has 9 nitrogen and oxygen atoms in total. The summed E-state index contributed by atoms with van der Waals surface area (Å²) in [6, 6.07) is 11.7. The van der Waals surface area contributed by atoms with Gasteiger partial charge >= 0.3 is 0 Å². The van der Waals surface area contributed by atoms with Crippen LogP contribution in [0.4, 0.5) is 4.39 Å². The SMILES string of the molecule is Cn1c2cc(Oc3cccc(F)n3)ccc2c2cnn(Cc3ccn(C4CCCCO4)n3)c(=O)c21. The molecule has 5 aromatic rings. The van der Waals surface area contributed by atoms with Gasteiger partial charge in [-0.2, -0.15) is 19.6 Å². The second-order valence-corrected chi connectivity index (χ2v) is 8.62. The third-order valence-electron chi connectivity index (χ3n) is 6.31. The van der Waals surface area contributed by atoms with Gasteiger partial charge in [0.2, 0.25) is 11.8 Å². The Morgan fingerprint density at radius 2 is 2.09 bits per heavy atom. The van der Waals surface area contributed by atoms with E-state index in [-0.39, 0.29) is 24.2 Å². The first-order chi connectivity index (χ1) is 17.1. The smallest absolute Gasteiger partial charge is 0.291 e. The van der Waals surface area contributed by atoms with Crippen LogP contribution in [0.5, 0.6) is 11.6 Å². The van der Waals surface area contributed by atoms with E-state index in [9.17, 15) is 9.18 Å². The van der Waals surface area contributed by atoms with Crippen LogP contribution in [0.2, 0.25) is 0 Å². The molecular formula is C25H23FN6O3. The Morgan fingerprint density at radius 1 is 1.17 bits per heavy atom. The Balaban J connectivity index is 1.33. The highest BCUT2D eigenvalue weighted by molar-refractivity contribution is 6.07. The number of hydrogen-bond donors (Lipinski definition) is 0. The van der Waals surface area contributed by atoms with Crippen molar-refractivity contribution in [2.75, 3.05) is 6.61 Å². The third-order valence-corrected chi connectivity index (χ3v) is 6.31. The molecule has 4 aromatic heterocycles. The highest BCUT2D eigenvalue weighted by Gasteiger charge is 2.18. The fraction of sp³-hybridized carbons (Fsp3) is 0.280. The standard InChI is InChI=1S/C25H23FN6O3/c1-30-20-13-17(35-22-6-4-5-21(26)28-22)8-9-18(20)19-14-27-32(25(33)24(19)30)15-16-10-11-31(29-16)23-7-2-3-12-34-23/h4-6,8-11,13-14,23H,2-3,7,12,15H2,1H3. The minimum Gasteiger partial charge on any atom is -0.439 e. The Kier molecular flexibility index (Phi) is 5.29. The normalized spacial score (nSPS) is 16.2. The zero-order valence-electron chi connectivity index (χ0n) is 19.1. The minimum atomic E-state index is -0.615. The number of fused-ring (bicyclic) bond motifs is 3. The van der Waals surface area contributed by atoms with E-state index in [2.05, 4.69) is 15.2 Å². The zero-order chi connectivity index (χ0) is 23.9. The molecule has 0 saturated carbocycles. The van der Waals surface area contributed by atoms with E-state index in [1.54, 1.807) is 24.4 Å². The van der Waals surface area contributed by atoms with Crippen LogP contribution in [0.3, 0.4) is 0 Å². The Labute approximate surface area is 199 Å². The average Bonchev–Trinajstić information content (AvgIpc) is 3.44. The summed E-state index contributed by atoms with van der Waals surface area (Å²) in [5, 5.41) is 10.6. The van der Waals surface area contributed by atoms with E-state index in [0.29, 0.717) is 11.3 Å². The summed E-state index contributed by atoms with van der Waals surface area (Å²) in [5.41, 5.74) is 1.86. The van der Waals surface area contributed by atoms with E-state index in [0.717, 1.165) is 47.9 Å². The molecule has 0 spiro atoms. The van der Waals surface area contributed by atoms with E-state index in [1.165, 1.54) is 16.8 Å². The molecule has 1 aliphatic heterocycles. The molecule has 1 aliphatic rings. The first-order valence-corrected chi connectivity index (χ1v) is 11.5. The molecule has 0 aliphatic carbocycles. The molecule has 6 rings (SSSR count). The van der Waals surface area contributed by atoms with Crippen molar-refractivity contribution in [1.82, 2.24) is 29.1 Å². The van der Waals surface area contributed by atoms with Crippen LogP contribution in [-0.4, -0.2) is 35.7 Å². The molecular weight excluding hydrogens is 451 g/mol. The molecule has 0 radical (unpaired) electrons. The van der Waals surface area contributed by atoms with Crippen molar-refractivity contribution in [3.63, 3.8) is 0 Å². The molecule has 1 fully saturated rings. The molecule has 1 atom stereocenters. The maximum absolute atomic E-state index is 13.4. The first kappa shape index (κ1) is 21.5. The predicted octanol–water partition coefficient (Wildman–Crippen LogP) is 4.16. The van der Waals surface area contributed by atoms with Crippen molar-refractivity contribution < 1.29 is 13.9 Å². The summed E-state index contributed by atoms with van der Waals surface area (Å²) in [5.74, 6) is 0.0337. The fourth-order valence-corrected chi connectivity index (χ4v) is 4.59. The number of ether oxygens (including phenoxy) is 2. The molecule has 10 heteroatoms. The number of nitrogens with zero attached hydrogens (tertiary/aromatic N) is 6. The summed E-state index contributed by atoms with van der Waals surface area (Å²) in [4.78, 5) is 17.1. The predicted molar refractivity (Wildman–Crippen MR) is 127 cm³/mol. The number of aromatic nitrogens is 6. The molecule has 178 valence electrons. The van der Waals surface area contributed by atoms with Gasteiger partial charge in [-0.25, -0.2) is 9.36 Å². The number of pyridine rings is 1. The molecule has 1 saturated heterocycles. The van der Waals surface area contributed by atoms with E-state index >= 15 is 0 Å². The topological polar surface area (TPSA) is 89.0 Å². The van der Waals surface area contributed by atoms with Gasteiger partial charge in [0.05, 0.1) is 24.0 Å². The lowest BCUT2D eigenvalue weighted by Gasteiger charge is -2.22. The summed E-state index contributed by atoms with van der Waals surface area (Å²) in [7, 11) is 1.83. The number of rotatable bonds is 5. The Bertz CT molecular complexity index is 1600. The number of halogens is 1. The van der Waals surface area contributed by atoms with Crippen molar-refractivity contribution in [2.45, 2.75) is 32.0 Å². The van der Waals surface area contributed by atoms with Crippen molar-refractivity contribution in [3.05, 3.63) is 76.9 Å². The monoisotopic (exact) mass is 474 g/mol. The second kappa shape index (κ2) is 8.62. The van der Waals surface area contributed by atoms with Gasteiger partial charge in [-0.15, -0.1) is 0 Å². The van der Waals surface area contributed by atoms with Gasteiger partial charge in [-0.3, -0.25) is 4.79 Å². The molecule has 0 N–H and O–H groups in total. The van der Waals surface area contributed by atoms with E-state index < -0.39 is 5.95 Å². The van der Waals surface area contributed by atoms with Crippen LogP contribution < -0.4 is 10.3 Å². The fourth-order valence-electron chi connectivity index (χ4n) is 4.59. The van der Waals surface area contributed by atoms with E-state index in [4.69, 9.17) is 9.47 Å². The van der Waals surface area contributed by atoms with Gasteiger partial charge in [-0.05, 0) is 43.5 Å². The highest BCUT2D eigenvalue weighted by Crippen LogP contribution is 2.30. The van der Waals surface area contributed by atoms with E-state index in [1.807, 2.05) is 34.6 Å².